The fourth-order valence-corrected chi connectivity index (χ4v) is 4.45. The van der Waals surface area contributed by atoms with Crippen molar-refractivity contribution in [2.45, 2.75) is 6.42 Å². The Hall–Kier alpha value is -3.24. The molecule has 1 aliphatic carbocycles. The maximum Gasteiger partial charge on any atom is 0.253 e. The number of piperazine rings is 1. The molecule has 0 atom stereocenters. The summed E-state index contributed by atoms with van der Waals surface area (Å²) < 4.78 is 0. The van der Waals surface area contributed by atoms with E-state index in [1.54, 1.807) is 6.07 Å². The van der Waals surface area contributed by atoms with E-state index < -0.39 is 0 Å². The van der Waals surface area contributed by atoms with Crippen LogP contribution < -0.4 is 0 Å². The lowest BCUT2D eigenvalue weighted by Crippen LogP contribution is -2.49. The number of hydrogen-bond donors (Lipinski definition) is 0. The number of carbonyl (C=O) groups is 2. The van der Waals surface area contributed by atoms with E-state index in [0.717, 1.165) is 55.8 Å². The number of hydrogen-bond acceptors (Lipinski definition) is 3. The van der Waals surface area contributed by atoms with Gasteiger partial charge in [0.15, 0.2) is 5.78 Å². The number of fused-ring (bicyclic) bond motifs is 3. The average molecular weight is 396 g/mol. The number of nitrogens with zero attached hydrogens (tertiary/aromatic N) is 2. The molecule has 0 unspecified atom stereocenters. The Morgan fingerprint density at radius 1 is 0.733 bits per heavy atom. The second kappa shape index (κ2) is 7.88. The SMILES string of the molecule is O=C1c2ccccc2-c2ccc(C(=O)N3CCN(CCc4ccccc4)CC3)cc21. The van der Waals surface area contributed by atoms with Crippen LogP contribution >= 0.6 is 0 Å². The summed E-state index contributed by atoms with van der Waals surface area (Å²) in [6, 6.07) is 23.7. The van der Waals surface area contributed by atoms with Crippen molar-refractivity contribution in [3.8, 4) is 11.1 Å². The van der Waals surface area contributed by atoms with Crippen LogP contribution in [-0.4, -0.2) is 54.2 Å². The van der Waals surface area contributed by atoms with Gasteiger partial charge in [-0.3, -0.25) is 14.5 Å². The second-order valence-electron chi connectivity index (χ2n) is 8.00. The smallest absolute Gasteiger partial charge is 0.253 e. The molecule has 4 nitrogen and oxygen atoms in total. The van der Waals surface area contributed by atoms with Crippen LogP contribution in [0.4, 0.5) is 0 Å². The first-order valence-electron chi connectivity index (χ1n) is 10.5. The van der Waals surface area contributed by atoms with Gasteiger partial charge in [0, 0.05) is 49.4 Å². The lowest BCUT2D eigenvalue weighted by Gasteiger charge is -2.34. The maximum absolute atomic E-state index is 13.1. The average Bonchev–Trinajstić information content (AvgIpc) is 3.10. The lowest BCUT2D eigenvalue weighted by atomic mass is 10.0. The number of carbonyl (C=O) groups excluding carboxylic acids is 2. The third-order valence-electron chi connectivity index (χ3n) is 6.19. The van der Waals surface area contributed by atoms with E-state index in [1.165, 1.54) is 5.56 Å². The van der Waals surface area contributed by atoms with Gasteiger partial charge in [-0.15, -0.1) is 0 Å². The molecule has 3 aromatic carbocycles. The summed E-state index contributed by atoms with van der Waals surface area (Å²) in [5.41, 5.74) is 5.21. The number of ketones is 1. The summed E-state index contributed by atoms with van der Waals surface area (Å²) in [6.45, 7) is 4.22. The van der Waals surface area contributed by atoms with Crippen molar-refractivity contribution < 1.29 is 9.59 Å². The molecule has 3 aromatic rings. The molecule has 0 saturated carbocycles. The molecule has 1 saturated heterocycles. The molecule has 1 amide bonds. The van der Waals surface area contributed by atoms with Crippen molar-refractivity contribution in [2.24, 2.45) is 0 Å². The number of rotatable bonds is 4. The van der Waals surface area contributed by atoms with E-state index in [1.807, 2.05) is 47.4 Å². The Balaban J connectivity index is 1.23. The highest BCUT2D eigenvalue weighted by Gasteiger charge is 2.28. The molecule has 0 bridgehead atoms. The van der Waals surface area contributed by atoms with Crippen LogP contribution in [0.25, 0.3) is 11.1 Å². The first-order valence-corrected chi connectivity index (χ1v) is 10.5. The lowest BCUT2D eigenvalue weighted by molar-refractivity contribution is 0.0638. The normalized spacial score (nSPS) is 15.7. The molecule has 0 aromatic heterocycles. The predicted octanol–water partition coefficient (Wildman–Crippen LogP) is 3.90. The summed E-state index contributed by atoms with van der Waals surface area (Å²) >= 11 is 0. The first-order chi connectivity index (χ1) is 14.7. The van der Waals surface area contributed by atoms with Gasteiger partial charge < -0.3 is 4.90 Å². The van der Waals surface area contributed by atoms with Gasteiger partial charge in [-0.1, -0.05) is 60.7 Å². The third kappa shape index (κ3) is 3.44. The van der Waals surface area contributed by atoms with E-state index >= 15 is 0 Å². The highest BCUT2D eigenvalue weighted by atomic mass is 16.2. The zero-order valence-corrected chi connectivity index (χ0v) is 16.9. The van der Waals surface area contributed by atoms with Crippen LogP contribution in [0.2, 0.25) is 0 Å². The quantitative estimate of drug-likeness (QED) is 0.525. The van der Waals surface area contributed by atoms with Crippen LogP contribution in [-0.2, 0) is 6.42 Å². The first kappa shape index (κ1) is 18.8. The maximum atomic E-state index is 13.1. The molecule has 1 aliphatic heterocycles. The Morgan fingerprint density at radius 3 is 2.17 bits per heavy atom. The highest BCUT2D eigenvalue weighted by molar-refractivity contribution is 6.22. The Labute approximate surface area is 176 Å². The standard InChI is InChI=1S/C26H24N2O2/c29-25-23-9-5-4-8-21(23)22-11-10-20(18-24(22)25)26(30)28-16-14-27(15-17-28)13-12-19-6-2-1-3-7-19/h1-11,18H,12-17H2. The minimum atomic E-state index is 0.0148. The van der Waals surface area contributed by atoms with Crippen molar-refractivity contribution in [1.29, 1.82) is 0 Å². The van der Waals surface area contributed by atoms with Crippen LogP contribution in [0.3, 0.4) is 0 Å². The van der Waals surface area contributed by atoms with Crippen molar-refractivity contribution in [3.63, 3.8) is 0 Å². The summed E-state index contributed by atoms with van der Waals surface area (Å²) in [5, 5.41) is 0. The Kier molecular flexibility index (Phi) is 4.93. The van der Waals surface area contributed by atoms with Crippen LogP contribution in [0.5, 0.6) is 0 Å². The second-order valence-corrected chi connectivity index (χ2v) is 8.00. The van der Waals surface area contributed by atoms with Crippen molar-refractivity contribution in [3.05, 3.63) is 95.1 Å². The van der Waals surface area contributed by atoms with Gasteiger partial charge in [0.05, 0.1) is 0 Å². The van der Waals surface area contributed by atoms with Crippen molar-refractivity contribution >= 4 is 11.7 Å². The molecular weight excluding hydrogens is 372 g/mol. The minimum Gasteiger partial charge on any atom is -0.336 e. The van der Waals surface area contributed by atoms with Gasteiger partial charge in [-0.25, -0.2) is 0 Å². The molecule has 0 N–H and O–H groups in total. The van der Waals surface area contributed by atoms with E-state index in [4.69, 9.17) is 0 Å². The Morgan fingerprint density at radius 2 is 1.40 bits per heavy atom. The van der Waals surface area contributed by atoms with E-state index in [-0.39, 0.29) is 11.7 Å². The highest BCUT2D eigenvalue weighted by Crippen LogP contribution is 2.36. The summed E-state index contributed by atoms with van der Waals surface area (Å²) in [5.74, 6) is 0.0326. The molecule has 1 fully saturated rings. The molecule has 1 heterocycles. The van der Waals surface area contributed by atoms with Gasteiger partial charge >= 0.3 is 0 Å². The summed E-state index contributed by atoms with van der Waals surface area (Å²) in [7, 11) is 0. The zero-order valence-electron chi connectivity index (χ0n) is 16.9. The van der Waals surface area contributed by atoms with Gasteiger partial charge in [-0.05, 0) is 35.2 Å². The van der Waals surface area contributed by atoms with Gasteiger partial charge in [0.2, 0.25) is 0 Å². The fraction of sp³-hybridized carbons (Fsp3) is 0.231. The summed E-state index contributed by atoms with van der Waals surface area (Å²) in [6.07, 6.45) is 1.03. The largest absolute Gasteiger partial charge is 0.336 e. The number of benzene rings is 3. The minimum absolute atomic E-state index is 0.0148. The van der Waals surface area contributed by atoms with Crippen LogP contribution in [0, 0.1) is 0 Å². The van der Waals surface area contributed by atoms with Crippen LogP contribution in [0.15, 0.2) is 72.8 Å². The molecule has 4 heteroatoms. The molecule has 0 spiro atoms. The van der Waals surface area contributed by atoms with E-state index in [2.05, 4.69) is 29.2 Å². The van der Waals surface area contributed by atoms with Gasteiger partial charge in [0.25, 0.3) is 5.91 Å². The van der Waals surface area contributed by atoms with E-state index in [0.29, 0.717) is 11.1 Å². The van der Waals surface area contributed by atoms with E-state index in [9.17, 15) is 9.59 Å². The Bertz CT molecular complexity index is 1100. The molecule has 30 heavy (non-hydrogen) atoms. The number of amides is 1. The summed E-state index contributed by atoms with van der Waals surface area (Å²) in [4.78, 5) is 30.1. The monoisotopic (exact) mass is 396 g/mol. The zero-order chi connectivity index (χ0) is 20.5. The molecule has 0 radical (unpaired) electrons. The molecule has 2 aliphatic rings. The predicted molar refractivity (Wildman–Crippen MR) is 118 cm³/mol. The third-order valence-corrected chi connectivity index (χ3v) is 6.19. The van der Waals surface area contributed by atoms with Gasteiger partial charge in [-0.2, -0.15) is 0 Å². The van der Waals surface area contributed by atoms with Crippen LogP contribution in [0.1, 0.15) is 31.8 Å². The molecular formula is C26H24N2O2. The van der Waals surface area contributed by atoms with Crippen molar-refractivity contribution in [2.75, 3.05) is 32.7 Å². The van der Waals surface area contributed by atoms with Gasteiger partial charge in [0.1, 0.15) is 0 Å². The molecule has 150 valence electrons. The fourth-order valence-electron chi connectivity index (χ4n) is 4.45. The van der Waals surface area contributed by atoms with Crippen molar-refractivity contribution in [1.82, 2.24) is 9.80 Å². The molecule has 5 rings (SSSR count). The topological polar surface area (TPSA) is 40.6 Å².